The Morgan fingerprint density at radius 3 is 2.46 bits per heavy atom. The first kappa shape index (κ1) is 20.3. The first-order valence-corrected chi connectivity index (χ1v) is 8.92. The van der Waals surface area contributed by atoms with E-state index in [2.05, 4.69) is 4.72 Å². The molecule has 0 aliphatic carbocycles. The second-order valence-electron chi connectivity index (χ2n) is 5.98. The van der Waals surface area contributed by atoms with Crippen LogP contribution in [0.1, 0.15) is 34.1 Å². The number of esters is 1. The van der Waals surface area contributed by atoms with Crippen LogP contribution in [0.5, 0.6) is 0 Å². The predicted molar refractivity (Wildman–Crippen MR) is 88.4 cm³/mol. The number of nitrogens with one attached hydrogen (secondary N) is 1. The van der Waals surface area contributed by atoms with Crippen LogP contribution in [0.25, 0.3) is 0 Å². The van der Waals surface area contributed by atoms with E-state index in [4.69, 9.17) is 16.3 Å². The number of nitro benzene ring substituents is 1. The molecule has 1 N–H and O–H groups in total. The van der Waals surface area contributed by atoms with E-state index in [0.717, 1.165) is 12.1 Å². The molecule has 0 aromatic heterocycles. The monoisotopic (exact) mass is 378 g/mol. The van der Waals surface area contributed by atoms with Crippen molar-refractivity contribution in [2.45, 2.75) is 50.7 Å². The number of nitro groups is 1. The molecule has 0 bridgehead atoms. The largest absolute Gasteiger partial charge is 0.459 e. The van der Waals surface area contributed by atoms with E-state index < -0.39 is 43.1 Å². The van der Waals surface area contributed by atoms with E-state index in [0.29, 0.717) is 0 Å². The highest BCUT2D eigenvalue weighted by Gasteiger charge is 2.32. The molecule has 1 aromatic rings. The molecule has 8 nitrogen and oxygen atoms in total. The quantitative estimate of drug-likeness (QED) is 0.462. The Kier molecular flexibility index (Phi) is 6.32. The molecule has 24 heavy (non-hydrogen) atoms. The van der Waals surface area contributed by atoms with Crippen LogP contribution in [0.4, 0.5) is 5.69 Å². The number of halogens is 1. The van der Waals surface area contributed by atoms with E-state index >= 15 is 0 Å². The lowest BCUT2D eigenvalue weighted by molar-refractivity contribution is -0.387. The van der Waals surface area contributed by atoms with E-state index in [9.17, 15) is 23.3 Å². The Morgan fingerprint density at radius 1 is 1.42 bits per heavy atom. The van der Waals surface area contributed by atoms with E-state index in [1.807, 2.05) is 0 Å². The third kappa shape index (κ3) is 5.43. The fourth-order valence-electron chi connectivity index (χ4n) is 1.78. The smallest absolute Gasteiger partial charge is 0.324 e. The molecule has 0 aliphatic heterocycles. The topological polar surface area (TPSA) is 116 Å². The predicted octanol–water partition coefficient (Wildman–Crippen LogP) is 2.65. The van der Waals surface area contributed by atoms with Crippen LogP contribution in [0, 0.1) is 10.1 Å². The van der Waals surface area contributed by atoms with Gasteiger partial charge in [0.15, 0.2) is 4.90 Å². The highest BCUT2D eigenvalue weighted by atomic mass is 35.5. The van der Waals surface area contributed by atoms with Crippen LogP contribution in [-0.2, 0) is 19.6 Å². The average Bonchev–Trinajstić information content (AvgIpc) is 2.42. The maximum absolute atomic E-state index is 12.4. The number of rotatable bonds is 6. The van der Waals surface area contributed by atoms with Gasteiger partial charge in [-0.2, -0.15) is 4.72 Å². The fourth-order valence-corrected chi connectivity index (χ4v) is 3.37. The van der Waals surface area contributed by atoms with E-state index in [1.54, 1.807) is 27.7 Å². The first-order chi connectivity index (χ1) is 10.9. The third-order valence-electron chi connectivity index (χ3n) is 2.80. The highest BCUT2D eigenvalue weighted by molar-refractivity contribution is 7.89. The second-order valence-corrected chi connectivity index (χ2v) is 8.10. The Hall–Kier alpha value is -1.71. The molecule has 0 spiro atoms. The van der Waals surface area contributed by atoms with Crippen molar-refractivity contribution >= 4 is 33.3 Å². The van der Waals surface area contributed by atoms with Crippen LogP contribution in [0.3, 0.4) is 0 Å². The summed E-state index contributed by atoms with van der Waals surface area (Å²) in [7, 11) is -4.32. The van der Waals surface area contributed by atoms with Crippen LogP contribution in [-0.4, -0.2) is 31.0 Å². The molecule has 0 fully saturated rings. The molecule has 0 saturated heterocycles. The summed E-state index contributed by atoms with van der Waals surface area (Å²) in [5.74, 6) is -0.759. The molecule has 1 aromatic carbocycles. The van der Waals surface area contributed by atoms with Crippen molar-refractivity contribution in [1.29, 1.82) is 0 Å². The Morgan fingerprint density at radius 2 is 2.00 bits per heavy atom. The van der Waals surface area contributed by atoms with Crippen LogP contribution >= 0.6 is 11.6 Å². The maximum Gasteiger partial charge on any atom is 0.324 e. The average molecular weight is 379 g/mol. The molecule has 1 atom stereocenters. The number of carbonyl (C=O) groups excluding carboxylic acids is 1. The van der Waals surface area contributed by atoms with Crippen LogP contribution < -0.4 is 4.72 Å². The minimum absolute atomic E-state index is 0.0276. The van der Waals surface area contributed by atoms with E-state index in [1.165, 1.54) is 6.07 Å². The van der Waals surface area contributed by atoms with Gasteiger partial charge in [-0.3, -0.25) is 14.9 Å². The number of hydrogen-bond acceptors (Lipinski definition) is 6. The highest BCUT2D eigenvalue weighted by Crippen LogP contribution is 2.27. The molecule has 0 aliphatic rings. The first-order valence-electron chi connectivity index (χ1n) is 7.06. The number of benzene rings is 1. The van der Waals surface area contributed by atoms with E-state index in [-0.39, 0.29) is 11.4 Å². The zero-order valence-corrected chi connectivity index (χ0v) is 15.3. The van der Waals surface area contributed by atoms with Gasteiger partial charge in [0.1, 0.15) is 11.6 Å². The third-order valence-corrected chi connectivity index (χ3v) is 4.56. The van der Waals surface area contributed by atoms with Gasteiger partial charge in [-0.25, -0.2) is 8.42 Å². The zero-order chi connectivity index (χ0) is 18.7. The van der Waals surface area contributed by atoms with Gasteiger partial charge in [0, 0.05) is 11.1 Å². The summed E-state index contributed by atoms with van der Waals surface area (Å²) >= 11 is 5.67. The summed E-state index contributed by atoms with van der Waals surface area (Å²) in [6.45, 7) is 6.54. The number of ether oxygens (including phenoxy) is 1. The summed E-state index contributed by atoms with van der Waals surface area (Å²) < 4.78 is 32.2. The molecule has 0 heterocycles. The summed E-state index contributed by atoms with van der Waals surface area (Å²) in [6.07, 6.45) is 0.121. The zero-order valence-electron chi connectivity index (χ0n) is 13.7. The van der Waals surface area contributed by atoms with Crippen molar-refractivity contribution in [1.82, 2.24) is 4.72 Å². The molecule has 10 heteroatoms. The molecular weight excluding hydrogens is 360 g/mol. The van der Waals surface area contributed by atoms with Crippen molar-refractivity contribution in [2.75, 3.05) is 0 Å². The van der Waals surface area contributed by atoms with Crippen molar-refractivity contribution in [2.24, 2.45) is 0 Å². The van der Waals surface area contributed by atoms with Crippen LogP contribution in [0.2, 0.25) is 5.02 Å². The Labute approximate surface area is 145 Å². The normalized spacial score (nSPS) is 13.4. The van der Waals surface area contributed by atoms with Crippen molar-refractivity contribution in [3.05, 3.63) is 33.3 Å². The number of sulfonamides is 1. The number of nitrogens with zero attached hydrogens (tertiary/aromatic N) is 1. The van der Waals surface area contributed by atoms with Crippen molar-refractivity contribution in [3.8, 4) is 0 Å². The molecule has 0 radical (unpaired) electrons. The molecule has 0 saturated carbocycles. The van der Waals surface area contributed by atoms with Gasteiger partial charge in [-0.05, 0) is 39.3 Å². The molecule has 134 valence electrons. The van der Waals surface area contributed by atoms with Gasteiger partial charge >= 0.3 is 5.97 Å². The lowest BCUT2D eigenvalue weighted by atomic mass is 10.2. The maximum atomic E-state index is 12.4. The lowest BCUT2D eigenvalue weighted by Crippen LogP contribution is -2.43. The van der Waals surface area contributed by atoms with Crippen molar-refractivity contribution < 1.29 is 22.9 Å². The minimum atomic E-state index is -4.32. The van der Waals surface area contributed by atoms with Gasteiger partial charge in [-0.1, -0.05) is 18.5 Å². The fraction of sp³-hybridized carbons (Fsp3) is 0.500. The SMILES string of the molecule is CC[C@@H](NS(=O)(=O)c1ccc(Cl)cc1[N+](=O)[O-])C(=O)OC(C)(C)C. The molecule has 0 unspecified atom stereocenters. The standard InChI is InChI=1S/C14H19ClN2O6S/c1-5-10(13(18)23-14(2,3)4)16-24(21,22)12-7-6-9(15)8-11(12)17(19)20/h6-8,10,16H,5H2,1-4H3/t10-/m1/s1. The Bertz CT molecular complexity index is 742. The lowest BCUT2D eigenvalue weighted by Gasteiger charge is -2.23. The van der Waals surface area contributed by atoms with Crippen LogP contribution in [0.15, 0.2) is 23.1 Å². The second kappa shape index (κ2) is 7.45. The summed E-state index contributed by atoms with van der Waals surface area (Å²) in [5, 5.41) is 11.1. The van der Waals surface area contributed by atoms with Gasteiger partial charge in [0.05, 0.1) is 4.92 Å². The van der Waals surface area contributed by atoms with Gasteiger partial charge < -0.3 is 4.74 Å². The van der Waals surface area contributed by atoms with Gasteiger partial charge in [0.2, 0.25) is 10.0 Å². The van der Waals surface area contributed by atoms with Gasteiger partial charge in [0.25, 0.3) is 5.69 Å². The van der Waals surface area contributed by atoms with Gasteiger partial charge in [-0.15, -0.1) is 0 Å². The molecule has 0 amide bonds. The minimum Gasteiger partial charge on any atom is -0.459 e. The summed E-state index contributed by atoms with van der Waals surface area (Å²) in [4.78, 5) is 21.7. The van der Waals surface area contributed by atoms with Crippen molar-refractivity contribution in [3.63, 3.8) is 0 Å². The summed E-state index contributed by atoms with van der Waals surface area (Å²) in [6, 6.07) is 2.01. The Balaban J connectivity index is 3.17. The number of hydrogen-bond donors (Lipinski definition) is 1. The number of carbonyl (C=O) groups is 1. The molecule has 1 rings (SSSR count). The summed E-state index contributed by atoms with van der Waals surface area (Å²) in [5.41, 5.74) is -1.46. The molecular formula is C14H19ClN2O6S.